The molecule has 1 N–H and O–H groups in total. The Morgan fingerprint density at radius 2 is 1.53 bits per heavy atom. The van der Waals surface area contributed by atoms with E-state index in [4.69, 9.17) is 4.74 Å². The van der Waals surface area contributed by atoms with Crippen LogP contribution < -0.4 is 14.4 Å². The average Bonchev–Trinajstić information content (AvgIpc) is 2.90. The van der Waals surface area contributed by atoms with Crippen LogP contribution in [0.2, 0.25) is 0 Å². The summed E-state index contributed by atoms with van der Waals surface area (Å²) in [5.41, 5.74) is 0.880. The van der Waals surface area contributed by atoms with Gasteiger partial charge in [-0.25, -0.2) is 12.8 Å². The minimum Gasteiger partial charge on any atom is -0.497 e. The van der Waals surface area contributed by atoms with Crippen LogP contribution in [-0.2, 0) is 26.2 Å². The molecule has 2 amide bonds. The summed E-state index contributed by atoms with van der Waals surface area (Å²) in [5.74, 6) is -1.05. The van der Waals surface area contributed by atoms with Crippen LogP contribution in [0.25, 0.3) is 0 Å². The Kier molecular flexibility index (Phi) is 9.46. The molecule has 0 bridgehead atoms. The first kappa shape index (κ1) is 28.6. The number of amides is 2. The molecular formula is C28H32FN3O5S. The number of rotatable bonds is 11. The number of benzene rings is 3. The van der Waals surface area contributed by atoms with Gasteiger partial charge in [0.2, 0.25) is 11.8 Å². The van der Waals surface area contributed by atoms with Crippen molar-refractivity contribution in [3.05, 3.63) is 90.2 Å². The first-order valence-electron chi connectivity index (χ1n) is 12.1. The van der Waals surface area contributed by atoms with Crippen molar-refractivity contribution in [3.8, 4) is 5.75 Å². The van der Waals surface area contributed by atoms with Gasteiger partial charge >= 0.3 is 0 Å². The third-order valence-electron chi connectivity index (χ3n) is 5.83. The van der Waals surface area contributed by atoms with Gasteiger partial charge in [-0.2, -0.15) is 0 Å². The lowest BCUT2D eigenvalue weighted by atomic mass is 10.1. The van der Waals surface area contributed by atoms with E-state index in [2.05, 4.69) is 5.32 Å². The zero-order valence-corrected chi connectivity index (χ0v) is 22.6. The van der Waals surface area contributed by atoms with Crippen LogP contribution in [0, 0.1) is 5.82 Å². The molecule has 38 heavy (non-hydrogen) atoms. The van der Waals surface area contributed by atoms with Gasteiger partial charge in [0.1, 0.15) is 24.2 Å². The quantitative estimate of drug-likeness (QED) is 0.396. The van der Waals surface area contributed by atoms with E-state index in [1.54, 1.807) is 6.92 Å². The first-order chi connectivity index (χ1) is 18.0. The van der Waals surface area contributed by atoms with Crippen LogP contribution in [0.3, 0.4) is 0 Å². The minimum absolute atomic E-state index is 0.0735. The molecule has 3 aromatic rings. The number of hydrogen-bond donors (Lipinski definition) is 1. The van der Waals surface area contributed by atoms with Crippen LogP contribution in [0.1, 0.15) is 26.3 Å². The number of anilines is 1. The summed E-state index contributed by atoms with van der Waals surface area (Å²) in [4.78, 5) is 27.9. The third kappa shape index (κ3) is 7.10. The Labute approximate surface area is 223 Å². The molecule has 0 radical (unpaired) electrons. The molecular weight excluding hydrogens is 509 g/mol. The standard InChI is InChI=1S/C28H32FN3O5S/c1-20(2)30-28(34)21(3)31(18-22-8-6-5-7-9-22)27(33)19-32(24-12-10-23(29)11-13-24)38(35,36)26-16-14-25(37-4)15-17-26/h5-17,20-21H,18-19H2,1-4H3,(H,30,34)/t21-/m0/s1. The van der Waals surface area contributed by atoms with E-state index in [0.29, 0.717) is 5.75 Å². The molecule has 0 saturated carbocycles. The van der Waals surface area contributed by atoms with E-state index in [-0.39, 0.29) is 29.1 Å². The van der Waals surface area contributed by atoms with Crippen molar-refractivity contribution in [1.82, 2.24) is 10.2 Å². The lowest BCUT2D eigenvalue weighted by molar-refractivity contribution is -0.139. The minimum atomic E-state index is -4.25. The van der Waals surface area contributed by atoms with Crippen molar-refractivity contribution >= 4 is 27.5 Å². The van der Waals surface area contributed by atoms with Gasteiger partial charge in [-0.05, 0) is 74.9 Å². The van der Waals surface area contributed by atoms with Crippen molar-refractivity contribution in [2.24, 2.45) is 0 Å². The highest BCUT2D eigenvalue weighted by Gasteiger charge is 2.32. The molecule has 10 heteroatoms. The number of carbonyl (C=O) groups excluding carboxylic acids is 2. The van der Waals surface area contributed by atoms with E-state index < -0.39 is 34.3 Å². The van der Waals surface area contributed by atoms with Crippen molar-refractivity contribution in [2.75, 3.05) is 18.0 Å². The monoisotopic (exact) mass is 541 g/mol. The predicted octanol–water partition coefficient (Wildman–Crippen LogP) is 3.97. The van der Waals surface area contributed by atoms with Crippen LogP contribution in [0.5, 0.6) is 5.75 Å². The van der Waals surface area contributed by atoms with E-state index in [0.717, 1.165) is 22.0 Å². The lowest BCUT2D eigenvalue weighted by Gasteiger charge is -2.32. The number of hydrogen-bond acceptors (Lipinski definition) is 5. The van der Waals surface area contributed by atoms with Gasteiger partial charge in [-0.1, -0.05) is 30.3 Å². The number of sulfonamides is 1. The van der Waals surface area contributed by atoms with Crippen molar-refractivity contribution < 1.29 is 27.1 Å². The fourth-order valence-corrected chi connectivity index (χ4v) is 5.19. The Balaban J connectivity index is 2.01. The zero-order chi connectivity index (χ0) is 27.9. The van der Waals surface area contributed by atoms with Gasteiger partial charge in [-0.3, -0.25) is 13.9 Å². The highest BCUT2D eigenvalue weighted by atomic mass is 32.2. The maximum atomic E-state index is 13.8. The SMILES string of the molecule is COc1ccc(S(=O)(=O)N(CC(=O)N(Cc2ccccc2)[C@@H](C)C(=O)NC(C)C)c2ccc(F)cc2)cc1. The van der Waals surface area contributed by atoms with Crippen molar-refractivity contribution in [3.63, 3.8) is 0 Å². The van der Waals surface area contributed by atoms with Gasteiger partial charge < -0.3 is 15.0 Å². The van der Waals surface area contributed by atoms with Crippen LogP contribution >= 0.6 is 0 Å². The number of nitrogens with zero attached hydrogens (tertiary/aromatic N) is 2. The van der Waals surface area contributed by atoms with E-state index in [1.165, 1.54) is 48.4 Å². The van der Waals surface area contributed by atoms with Gasteiger partial charge in [-0.15, -0.1) is 0 Å². The molecule has 0 saturated heterocycles. The lowest BCUT2D eigenvalue weighted by Crippen LogP contribution is -2.52. The van der Waals surface area contributed by atoms with E-state index in [9.17, 15) is 22.4 Å². The van der Waals surface area contributed by atoms with Crippen molar-refractivity contribution in [2.45, 2.75) is 44.3 Å². The fraction of sp³-hybridized carbons (Fsp3) is 0.286. The second-order valence-corrected chi connectivity index (χ2v) is 10.9. The average molecular weight is 542 g/mol. The number of nitrogens with one attached hydrogen (secondary N) is 1. The maximum Gasteiger partial charge on any atom is 0.264 e. The second-order valence-electron chi connectivity index (χ2n) is 9.01. The molecule has 0 aliphatic carbocycles. The van der Waals surface area contributed by atoms with Gasteiger partial charge in [0.25, 0.3) is 10.0 Å². The van der Waals surface area contributed by atoms with Crippen molar-refractivity contribution in [1.29, 1.82) is 0 Å². The Morgan fingerprint density at radius 1 is 0.921 bits per heavy atom. The Bertz CT molecular complexity index is 1330. The Morgan fingerprint density at radius 3 is 2.08 bits per heavy atom. The summed E-state index contributed by atoms with van der Waals surface area (Å²) in [6, 6.07) is 18.6. The van der Waals surface area contributed by atoms with Gasteiger partial charge in [0.05, 0.1) is 17.7 Å². The molecule has 0 spiro atoms. The fourth-order valence-electron chi connectivity index (χ4n) is 3.78. The molecule has 0 fully saturated rings. The summed E-state index contributed by atoms with van der Waals surface area (Å²) in [7, 11) is -2.79. The second kappa shape index (κ2) is 12.6. The number of ether oxygens (including phenoxy) is 1. The third-order valence-corrected chi connectivity index (χ3v) is 7.62. The summed E-state index contributed by atoms with van der Waals surface area (Å²) in [6.07, 6.45) is 0. The molecule has 3 aromatic carbocycles. The highest BCUT2D eigenvalue weighted by molar-refractivity contribution is 7.92. The molecule has 0 unspecified atom stereocenters. The van der Waals surface area contributed by atoms with Crippen LogP contribution in [0.15, 0.2) is 83.8 Å². The van der Waals surface area contributed by atoms with Gasteiger partial charge in [0, 0.05) is 12.6 Å². The first-order valence-corrected chi connectivity index (χ1v) is 13.5. The zero-order valence-electron chi connectivity index (χ0n) is 21.8. The molecule has 8 nitrogen and oxygen atoms in total. The van der Waals surface area contributed by atoms with Gasteiger partial charge in [0.15, 0.2) is 0 Å². The number of carbonyl (C=O) groups is 2. The maximum absolute atomic E-state index is 13.8. The van der Waals surface area contributed by atoms with Crippen LogP contribution in [-0.4, -0.2) is 50.9 Å². The summed E-state index contributed by atoms with van der Waals surface area (Å²) in [5, 5.41) is 2.80. The molecule has 0 heterocycles. The number of methoxy groups -OCH3 is 1. The topological polar surface area (TPSA) is 96.0 Å². The summed E-state index contributed by atoms with van der Waals surface area (Å²) in [6.45, 7) is 4.70. The highest BCUT2D eigenvalue weighted by Crippen LogP contribution is 2.26. The molecule has 0 aliphatic heterocycles. The van der Waals surface area contributed by atoms with E-state index in [1.807, 2.05) is 44.2 Å². The predicted molar refractivity (Wildman–Crippen MR) is 144 cm³/mol. The summed E-state index contributed by atoms with van der Waals surface area (Å²) < 4.78 is 47.2. The molecule has 0 aromatic heterocycles. The number of halogens is 1. The van der Waals surface area contributed by atoms with E-state index >= 15 is 0 Å². The molecule has 3 rings (SSSR count). The molecule has 0 aliphatic rings. The Hall–Kier alpha value is -3.92. The summed E-state index contributed by atoms with van der Waals surface area (Å²) >= 11 is 0. The largest absolute Gasteiger partial charge is 0.497 e. The smallest absolute Gasteiger partial charge is 0.264 e. The normalized spacial score (nSPS) is 12.1. The van der Waals surface area contributed by atoms with Crippen LogP contribution in [0.4, 0.5) is 10.1 Å². The molecule has 1 atom stereocenters. The molecule has 202 valence electrons.